The molecule has 0 spiro atoms. The van der Waals surface area contributed by atoms with E-state index in [4.69, 9.17) is 18.9 Å². The smallest absolute Gasteiger partial charge is 0.293 e. The normalized spacial score (nSPS) is 14.4. The van der Waals surface area contributed by atoms with Gasteiger partial charge in [0.15, 0.2) is 11.5 Å². The maximum absolute atomic E-state index is 13.0. The summed E-state index contributed by atoms with van der Waals surface area (Å²) < 4.78 is 23.2. The molecule has 1 heterocycles. The molecule has 0 N–H and O–H groups in total. The average molecular weight is 598 g/mol. The van der Waals surface area contributed by atoms with E-state index in [1.54, 1.807) is 25.3 Å². The molecule has 7 nitrogen and oxygen atoms in total. The first kappa shape index (κ1) is 30.0. The summed E-state index contributed by atoms with van der Waals surface area (Å²) in [6, 6.07) is 27.2. The van der Waals surface area contributed by atoms with E-state index in [2.05, 4.69) is 32.9 Å². The Balaban J connectivity index is 1.15. The van der Waals surface area contributed by atoms with Crippen LogP contribution in [0.1, 0.15) is 31.9 Å². The number of fused-ring (bicyclic) bond motifs is 1. The lowest BCUT2D eigenvalue weighted by Crippen LogP contribution is -2.32. The van der Waals surface area contributed by atoms with E-state index in [0.29, 0.717) is 29.6 Å². The van der Waals surface area contributed by atoms with Crippen molar-refractivity contribution in [3.63, 3.8) is 0 Å². The Morgan fingerprint density at radius 1 is 0.767 bits per heavy atom. The fourth-order valence-corrected chi connectivity index (χ4v) is 5.53. The van der Waals surface area contributed by atoms with E-state index in [0.717, 1.165) is 39.6 Å². The lowest BCUT2D eigenvalue weighted by molar-refractivity contribution is -0.123. The Hall–Kier alpha value is -4.43. The van der Waals surface area contributed by atoms with Crippen molar-refractivity contribution in [2.45, 2.75) is 26.2 Å². The van der Waals surface area contributed by atoms with E-state index in [-0.39, 0.29) is 29.7 Å². The first-order valence-electron chi connectivity index (χ1n) is 14.1. The number of methoxy groups -OCH3 is 1. The quantitative estimate of drug-likeness (QED) is 0.129. The van der Waals surface area contributed by atoms with Crippen molar-refractivity contribution < 1.29 is 28.5 Å². The number of nitrogens with zero attached hydrogens (tertiary/aromatic N) is 1. The third-order valence-electron chi connectivity index (χ3n) is 7.01. The lowest BCUT2D eigenvalue weighted by Gasteiger charge is -2.19. The SMILES string of the molecule is COc1cc(/C=C2\SC(=O)N(CCOc3cccc4ccccc34)C2=O)ccc1OCCOc1ccc(C(C)(C)C)cc1. The predicted molar refractivity (Wildman–Crippen MR) is 171 cm³/mol. The van der Waals surface area contributed by atoms with Gasteiger partial charge >= 0.3 is 0 Å². The summed E-state index contributed by atoms with van der Waals surface area (Å²) in [5, 5.41) is 1.73. The summed E-state index contributed by atoms with van der Waals surface area (Å²) >= 11 is 0.914. The highest BCUT2D eigenvalue weighted by molar-refractivity contribution is 8.18. The highest BCUT2D eigenvalue weighted by Gasteiger charge is 2.34. The van der Waals surface area contributed by atoms with Gasteiger partial charge in [0, 0.05) is 5.39 Å². The van der Waals surface area contributed by atoms with E-state index >= 15 is 0 Å². The Morgan fingerprint density at radius 2 is 1.49 bits per heavy atom. The molecule has 43 heavy (non-hydrogen) atoms. The van der Waals surface area contributed by atoms with Crippen LogP contribution in [-0.2, 0) is 10.2 Å². The second-order valence-corrected chi connectivity index (χ2v) is 12.0. The molecule has 0 radical (unpaired) electrons. The fraction of sp³-hybridized carbons (Fsp3) is 0.257. The van der Waals surface area contributed by atoms with E-state index < -0.39 is 0 Å². The molecule has 5 rings (SSSR count). The molecule has 0 saturated carbocycles. The zero-order chi connectivity index (χ0) is 30.4. The van der Waals surface area contributed by atoms with Gasteiger partial charge in [-0.15, -0.1) is 0 Å². The number of carbonyl (C=O) groups excluding carboxylic acids is 2. The van der Waals surface area contributed by atoms with Crippen LogP contribution < -0.4 is 18.9 Å². The number of hydrogen-bond acceptors (Lipinski definition) is 7. The molecule has 1 aliphatic rings. The summed E-state index contributed by atoms with van der Waals surface area (Å²) in [7, 11) is 1.56. The molecule has 0 bridgehead atoms. The molecule has 4 aromatic carbocycles. The van der Waals surface area contributed by atoms with Crippen molar-refractivity contribution >= 4 is 39.8 Å². The zero-order valence-electron chi connectivity index (χ0n) is 24.8. The van der Waals surface area contributed by atoms with Gasteiger partial charge in [0.05, 0.1) is 18.6 Å². The Bertz CT molecular complexity index is 1640. The summed E-state index contributed by atoms with van der Waals surface area (Å²) in [5.74, 6) is 2.24. The van der Waals surface area contributed by atoms with Crippen molar-refractivity contribution in [1.82, 2.24) is 4.90 Å². The topological polar surface area (TPSA) is 74.3 Å². The minimum atomic E-state index is -0.344. The van der Waals surface area contributed by atoms with Gasteiger partial charge in [0.2, 0.25) is 0 Å². The van der Waals surface area contributed by atoms with Gasteiger partial charge in [0.1, 0.15) is 31.3 Å². The highest BCUT2D eigenvalue weighted by Crippen LogP contribution is 2.35. The molecular formula is C35H35NO6S. The van der Waals surface area contributed by atoms with Crippen LogP contribution in [0.3, 0.4) is 0 Å². The number of carbonyl (C=O) groups is 2. The van der Waals surface area contributed by atoms with Gasteiger partial charge in [-0.2, -0.15) is 0 Å². The zero-order valence-corrected chi connectivity index (χ0v) is 25.6. The Labute approximate surface area is 256 Å². The van der Waals surface area contributed by atoms with E-state index in [1.807, 2.05) is 60.7 Å². The van der Waals surface area contributed by atoms with Gasteiger partial charge < -0.3 is 18.9 Å². The number of hydrogen-bond donors (Lipinski definition) is 0. The molecule has 4 aromatic rings. The molecular weight excluding hydrogens is 562 g/mol. The van der Waals surface area contributed by atoms with Gasteiger partial charge in [-0.3, -0.25) is 14.5 Å². The van der Waals surface area contributed by atoms with Crippen LogP contribution in [0, 0.1) is 0 Å². The molecule has 1 saturated heterocycles. The van der Waals surface area contributed by atoms with Crippen LogP contribution in [0.15, 0.2) is 89.8 Å². The summed E-state index contributed by atoms with van der Waals surface area (Å²) in [5.41, 5.74) is 2.06. The van der Waals surface area contributed by atoms with Crippen molar-refractivity contribution in [3.05, 3.63) is 101 Å². The molecule has 0 aromatic heterocycles. The maximum atomic E-state index is 13.0. The van der Waals surface area contributed by atoms with Gasteiger partial charge in [-0.1, -0.05) is 75.4 Å². The molecule has 2 amide bonds. The molecule has 0 aliphatic carbocycles. The van der Waals surface area contributed by atoms with Crippen molar-refractivity contribution in [3.8, 4) is 23.0 Å². The average Bonchev–Trinajstić information content (AvgIpc) is 3.27. The molecule has 222 valence electrons. The van der Waals surface area contributed by atoms with Crippen LogP contribution in [0.5, 0.6) is 23.0 Å². The number of rotatable bonds is 11. The molecule has 1 fully saturated rings. The monoisotopic (exact) mass is 597 g/mol. The fourth-order valence-electron chi connectivity index (χ4n) is 4.67. The van der Waals surface area contributed by atoms with Crippen LogP contribution in [0.2, 0.25) is 0 Å². The highest BCUT2D eigenvalue weighted by atomic mass is 32.2. The molecule has 8 heteroatoms. The van der Waals surface area contributed by atoms with Crippen LogP contribution in [-0.4, -0.2) is 49.5 Å². The number of ether oxygens (including phenoxy) is 4. The van der Waals surface area contributed by atoms with Crippen LogP contribution in [0.4, 0.5) is 4.79 Å². The second kappa shape index (κ2) is 13.3. The first-order chi connectivity index (χ1) is 20.7. The number of thioether (sulfide) groups is 1. The first-order valence-corrected chi connectivity index (χ1v) is 14.9. The molecule has 0 atom stereocenters. The van der Waals surface area contributed by atoms with Crippen LogP contribution >= 0.6 is 11.8 Å². The van der Waals surface area contributed by atoms with Crippen molar-refractivity contribution in [2.75, 3.05) is 33.5 Å². The molecule has 0 unspecified atom stereocenters. The minimum Gasteiger partial charge on any atom is -0.493 e. The summed E-state index contributed by atoms with van der Waals surface area (Å²) in [4.78, 5) is 27.2. The second-order valence-electron chi connectivity index (χ2n) is 11.0. The van der Waals surface area contributed by atoms with Crippen LogP contribution in [0.25, 0.3) is 16.8 Å². The number of amides is 2. The van der Waals surface area contributed by atoms with E-state index in [9.17, 15) is 9.59 Å². The number of benzene rings is 4. The van der Waals surface area contributed by atoms with Crippen molar-refractivity contribution in [1.29, 1.82) is 0 Å². The Kier molecular flexibility index (Phi) is 9.26. The summed E-state index contributed by atoms with van der Waals surface area (Å²) in [6.45, 7) is 7.59. The lowest BCUT2D eigenvalue weighted by atomic mass is 9.87. The largest absolute Gasteiger partial charge is 0.493 e. The third kappa shape index (κ3) is 7.32. The van der Waals surface area contributed by atoms with Gasteiger partial charge in [-0.05, 0) is 70.1 Å². The third-order valence-corrected chi connectivity index (χ3v) is 7.92. The maximum Gasteiger partial charge on any atom is 0.293 e. The van der Waals surface area contributed by atoms with Gasteiger partial charge in [0.25, 0.3) is 11.1 Å². The predicted octanol–water partition coefficient (Wildman–Crippen LogP) is 7.72. The van der Waals surface area contributed by atoms with Gasteiger partial charge in [-0.25, -0.2) is 0 Å². The number of imide groups is 1. The standard InChI is InChI=1S/C35H35NO6S/c1-35(2,3)26-13-15-27(16-14-26)40-20-21-42-30-17-12-24(22-31(30)39-4)23-32-33(37)36(34(38)43-32)18-19-41-29-11-7-9-25-8-5-6-10-28(25)29/h5-17,22-23H,18-21H2,1-4H3/b32-23-. The minimum absolute atomic E-state index is 0.0898. The Morgan fingerprint density at radius 3 is 2.26 bits per heavy atom. The molecule has 1 aliphatic heterocycles. The van der Waals surface area contributed by atoms with Crippen molar-refractivity contribution in [2.24, 2.45) is 0 Å². The summed E-state index contributed by atoms with van der Waals surface area (Å²) in [6.07, 6.45) is 1.69. The van der Waals surface area contributed by atoms with E-state index in [1.165, 1.54) is 10.5 Å².